The largest absolute Gasteiger partial charge is 0.383 e. The van der Waals surface area contributed by atoms with Crippen LogP contribution in [0.25, 0.3) is 39.4 Å². The fourth-order valence-electron chi connectivity index (χ4n) is 7.68. The van der Waals surface area contributed by atoms with Gasteiger partial charge in [0.2, 0.25) is 0 Å². The molecule has 6 aromatic rings. The van der Waals surface area contributed by atoms with E-state index in [0.29, 0.717) is 0 Å². The standard InChI is InChI=1S/C45H36N6/c46-29-30-16-25-41-37(28-30)36-12-4-5-15-40(36)51(41)35-23-21-32(22-24-35)31-17-19-34(20-18-31)45-49-43(38-13-6-8-26-47-38)42(33-10-2-1-3-11-33)44(50-45)39-14-7-9-27-48-39/h1-6,8-13,15-27,30,39,45,48,50H,7,14,28H2. The van der Waals surface area contributed by atoms with Crippen LogP contribution >= 0.6 is 0 Å². The van der Waals surface area contributed by atoms with Crippen molar-refractivity contribution in [3.05, 3.63) is 180 Å². The summed E-state index contributed by atoms with van der Waals surface area (Å²) in [4.78, 5) is 10.1. The van der Waals surface area contributed by atoms with Crippen LogP contribution < -0.4 is 10.6 Å². The molecule has 4 aromatic carbocycles. The Morgan fingerprint density at radius 1 is 0.784 bits per heavy atom. The van der Waals surface area contributed by atoms with E-state index in [1.165, 1.54) is 10.9 Å². The number of allylic oxidation sites excluding steroid dienone is 3. The summed E-state index contributed by atoms with van der Waals surface area (Å²) in [6.07, 6.45) is 12.7. The van der Waals surface area contributed by atoms with Gasteiger partial charge in [-0.05, 0) is 89.7 Å². The molecule has 0 saturated carbocycles. The molecule has 0 amide bonds. The second-order valence-electron chi connectivity index (χ2n) is 13.3. The molecule has 6 nitrogen and oxygen atoms in total. The summed E-state index contributed by atoms with van der Waals surface area (Å²) in [7, 11) is 0. The van der Waals surface area contributed by atoms with Crippen molar-refractivity contribution in [2.75, 3.05) is 0 Å². The van der Waals surface area contributed by atoms with Crippen LogP contribution in [-0.4, -0.2) is 21.3 Å². The second kappa shape index (κ2) is 13.1. The first-order chi connectivity index (χ1) is 25.2. The Kier molecular flexibility index (Phi) is 7.87. The number of aromatic nitrogens is 2. The Hall–Kier alpha value is -6.45. The smallest absolute Gasteiger partial charge is 0.145 e. The summed E-state index contributed by atoms with van der Waals surface area (Å²) in [6, 6.07) is 45.1. The first kappa shape index (κ1) is 30.6. The number of aliphatic imine (C=N–C) groups is 1. The molecule has 0 fully saturated rings. The zero-order chi connectivity index (χ0) is 34.1. The van der Waals surface area contributed by atoms with Crippen molar-refractivity contribution in [1.29, 1.82) is 5.26 Å². The molecular formula is C45H36N6. The zero-order valence-electron chi connectivity index (χ0n) is 28.1. The number of fused-ring (bicyclic) bond motifs is 3. The van der Waals surface area contributed by atoms with Crippen LogP contribution in [0, 0.1) is 17.2 Å². The first-order valence-corrected chi connectivity index (χ1v) is 17.6. The van der Waals surface area contributed by atoms with Crippen LogP contribution in [0.15, 0.2) is 157 Å². The van der Waals surface area contributed by atoms with Crippen LogP contribution in [-0.2, 0) is 6.42 Å². The highest BCUT2D eigenvalue weighted by molar-refractivity contribution is 6.32. The van der Waals surface area contributed by atoms with Crippen LogP contribution in [0.5, 0.6) is 0 Å². The van der Waals surface area contributed by atoms with Crippen molar-refractivity contribution in [3.8, 4) is 22.9 Å². The van der Waals surface area contributed by atoms with Gasteiger partial charge in [-0.15, -0.1) is 0 Å². The number of hydrogen-bond acceptors (Lipinski definition) is 5. The minimum absolute atomic E-state index is 0.0900. The predicted octanol–water partition coefficient (Wildman–Crippen LogP) is 9.17. The van der Waals surface area contributed by atoms with E-state index in [1.54, 1.807) is 0 Å². The minimum atomic E-state index is -0.268. The van der Waals surface area contributed by atoms with Gasteiger partial charge in [-0.1, -0.05) is 103 Å². The number of nitrogens with zero attached hydrogens (tertiary/aromatic N) is 4. The molecule has 51 heavy (non-hydrogen) atoms. The molecule has 4 heterocycles. The van der Waals surface area contributed by atoms with Crippen molar-refractivity contribution in [1.82, 2.24) is 20.2 Å². The molecule has 2 aromatic heterocycles. The summed E-state index contributed by atoms with van der Waals surface area (Å²) < 4.78 is 2.32. The van der Waals surface area contributed by atoms with Crippen LogP contribution in [0.1, 0.15) is 47.1 Å². The molecule has 2 aliphatic heterocycles. The van der Waals surface area contributed by atoms with Gasteiger partial charge < -0.3 is 15.2 Å². The highest BCUT2D eigenvalue weighted by Gasteiger charge is 2.31. The number of nitriles is 1. The van der Waals surface area contributed by atoms with Gasteiger partial charge in [0.1, 0.15) is 6.17 Å². The van der Waals surface area contributed by atoms with Crippen molar-refractivity contribution in [2.24, 2.45) is 10.9 Å². The van der Waals surface area contributed by atoms with Crippen LogP contribution in [0.3, 0.4) is 0 Å². The molecule has 6 heteroatoms. The van der Waals surface area contributed by atoms with E-state index < -0.39 is 0 Å². The molecule has 0 spiro atoms. The van der Waals surface area contributed by atoms with Gasteiger partial charge in [0.15, 0.2) is 0 Å². The maximum Gasteiger partial charge on any atom is 0.145 e. The summed E-state index contributed by atoms with van der Waals surface area (Å²) in [5, 5.41) is 18.3. The van der Waals surface area contributed by atoms with E-state index in [9.17, 15) is 5.26 Å². The molecule has 1 aliphatic carbocycles. The van der Waals surface area contributed by atoms with Crippen LogP contribution in [0.2, 0.25) is 0 Å². The zero-order valence-corrected chi connectivity index (χ0v) is 28.1. The third kappa shape index (κ3) is 5.63. The van der Waals surface area contributed by atoms with E-state index >= 15 is 0 Å². The van der Waals surface area contributed by atoms with E-state index in [4.69, 9.17) is 9.98 Å². The lowest BCUT2D eigenvalue weighted by Gasteiger charge is -2.34. The molecule has 3 atom stereocenters. The van der Waals surface area contributed by atoms with E-state index in [1.807, 2.05) is 24.4 Å². The van der Waals surface area contributed by atoms with Crippen molar-refractivity contribution in [3.63, 3.8) is 0 Å². The third-order valence-corrected chi connectivity index (χ3v) is 10.2. The molecular weight excluding hydrogens is 625 g/mol. The summed E-state index contributed by atoms with van der Waals surface area (Å²) in [5.41, 5.74) is 13.2. The summed E-state index contributed by atoms with van der Waals surface area (Å²) >= 11 is 0. The maximum absolute atomic E-state index is 9.59. The number of hydrogen-bond donors (Lipinski definition) is 2. The highest BCUT2D eigenvalue weighted by atomic mass is 15.1. The average molecular weight is 661 g/mol. The lowest BCUT2D eigenvalue weighted by atomic mass is 9.89. The monoisotopic (exact) mass is 660 g/mol. The second-order valence-corrected chi connectivity index (χ2v) is 13.3. The van der Waals surface area contributed by atoms with E-state index in [0.717, 1.165) is 81.1 Å². The molecule has 3 aliphatic rings. The third-order valence-electron chi connectivity index (χ3n) is 10.2. The quantitative estimate of drug-likeness (QED) is 0.187. The number of benzene rings is 4. The SMILES string of the molecule is N#CC1C=Cc2c(c3ccccc3n2-c2ccc(-c3ccc(C4N=C(c5ccccn5)C(c5ccccc5)=C(C5CCC=CN5)N4)cc3)cc2)C1. The lowest BCUT2D eigenvalue weighted by molar-refractivity contribution is 0.511. The highest BCUT2D eigenvalue weighted by Crippen LogP contribution is 2.37. The Morgan fingerprint density at radius 3 is 2.29 bits per heavy atom. The Labute approximate surface area is 297 Å². The molecule has 0 saturated heterocycles. The Balaban J connectivity index is 1.05. The van der Waals surface area contributed by atoms with Gasteiger partial charge in [0, 0.05) is 34.2 Å². The molecule has 246 valence electrons. The van der Waals surface area contributed by atoms with Gasteiger partial charge in [0.05, 0.1) is 35.0 Å². The van der Waals surface area contributed by atoms with Crippen molar-refractivity contribution >= 4 is 28.3 Å². The summed E-state index contributed by atoms with van der Waals surface area (Å²) in [6.45, 7) is 0. The van der Waals surface area contributed by atoms with Gasteiger partial charge in [0.25, 0.3) is 0 Å². The molecule has 0 radical (unpaired) electrons. The lowest BCUT2D eigenvalue weighted by Crippen LogP contribution is -2.40. The first-order valence-electron chi connectivity index (χ1n) is 17.6. The molecule has 0 bridgehead atoms. The number of nitrogens with one attached hydrogen (secondary N) is 2. The molecule has 2 N–H and O–H groups in total. The van der Waals surface area contributed by atoms with E-state index in [2.05, 4.69) is 149 Å². The van der Waals surface area contributed by atoms with Gasteiger partial charge >= 0.3 is 0 Å². The average Bonchev–Trinajstić information content (AvgIpc) is 3.55. The van der Waals surface area contributed by atoms with Gasteiger partial charge in [-0.2, -0.15) is 5.26 Å². The van der Waals surface area contributed by atoms with Gasteiger partial charge in [-0.25, -0.2) is 0 Å². The van der Waals surface area contributed by atoms with Crippen LogP contribution in [0.4, 0.5) is 0 Å². The number of rotatable bonds is 6. The van der Waals surface area contributed by atoms with Gasteiger partial charge in [-0.3, -0.25) is 9.98 Å². The molecule has 9 rings (SSSR count). The minimum Gasteiger partial charge on any atom is -0.383 e. The fraction of sp³-hybridized carbons (Fsp3) is 0.133. The Bertz CT molecular complexity index is 2390. The normalized spacial score (nSPS) is 19.5. The molecule has 3 unspecified atom stereocenters. The summed E-state index contributed by atoms with van der Waals surface area (Å²) in [5.74, 6) is -0.0900. The number of para-hydroxylation sites is 1. The van der Waals surface area contributed by atoms with Crippen molar-refractivity contribution in [2.45, 2.75) is 31.5 Å². The predicted molar refractivity (Wildman–Crippen MR) is 206 cm³/mol. The fourth-order valence-corrected chi connectivity index (χ4v) is 7.68. The van der Waals surface area contributed by atoms with Crippen molar-refractivity contribution < 1.29 is 0 Å². The van der Waals surface area contributed by atoms with E-state index in [-0.39, 0.29) is 18.1 Å². The maximum atomic E-state index is 9.59. The number of pyridine rings is 1. The Morgan fingerprint density at radius 2 is 1.55 bits per heavy atom. The topological polar surface area (TPSA) is 78.0 Å².